The molecule has 0 aromatic heterocycles. The summed E-state index contributed by atoms with van der Waals surface area (Å²) in [5.74, 6) is -0.465. The first-order valence-electron chi connectivity index (χ1n) is 14.1. The first-order valence-corrected chi connectivity index (χ1v) is 16.4. The number of rotatable bonds is 7. The number of piperazine rings is 1. The topological polar surface area (TPSA) is 122 Å². The summed E-state index contributed by atoms with van der Waals surface area (Å²) < 4.78 is 29.9. The molecular formula is C28H37BrN6O5S. The monoisotopic (exact) mass is 648 g/mol. The van der Waals surface area contributed by atoms with Gasteiger partial charge in [0.05, 0.1) is 11.4 Å². The van der Waals surface area contributed by atoms with E-state index < -0.39 is 16.1 Å². The number of nitrogens with one attached hydrogen (secondary N) is 2. The van der Waals surface area contributed by atoms with Gasteiger partial charge in [0.15, 0.2) is 0 Å². The van der Waals surface area contributed by atoms with Crippen LogP contribution in [0.15, 0.2) is 45.8 Å². The van der Waals surface area contributed by atoms with Crippen molar-refractivity contribution in [2.75, 3.05) is 59.4 Å². The summed E-state index contributed by atoms with van der Waals surface area (Å²) in [4.78, 5) is 46.1. The fourth-order valence-corrected chi connectivity index (χ4v) is 7.66. The van der Waals surface area contributed by atoms with Crippen molar-refractivity contribution in [3.63, 3.8) is 0 Å². The molecule has 2 aromatic carbocycles. The van der Waals surface area contributed by atoms with Gasteiger partial charge in [-0.3, -0.25) is 14.5 Å². The lowest BCUT2D eigenvalue weighted by molar-refractivity contribution is -0.143. The molecule has 2 unspecified atom stereocenters. The zero-order valence-corrected chi connectivity index (χ0v) is 25.6. The van der Waals surface area contributed by atoms with Gasteiger partial charge in [-0.25, -0.2) is 13.2 Å². The predicted octanol–water partition coefficient (Wildman–Crippen LogP) is 1.82. The highest BCUT2D eigenvalue weighted by atomic mass is 79.9. The quantitative estimate of drug-likeness (QED) is 0.472. The molecule has 41 heavy (non-hydrogen) atoms. The molecule has 11 nitrogen and oxygen atoms in total. The lowest BCUT2D eigenvalue weighted by Gasteiger charge is -2.38. The second kappa shape index (κ2) is 12.6. The highest BCUT2D eigenvalue weighted by molar-refractivity contribution is 9.10. The standard InChI is InChI=1S/C28H37BrN6O5S/c1-30-28(38)33-14-12-32(13-15-33)18-23-4-2-11-35(23)26(36)19-34-10-3-5-25(27(34)37)31-41(39,40)24-9-7-20-16-22(29)8-6-21(20)17-24/h6-9,16-17,23,25,31H,2-5,10-15,18-19H2,1H3,(H,30,38). The predicted molar refractivity (Wildman–Crippen MR) is 159 cm³/mol. The summed E-state index contributed by atoms with van der Waals surface area (Å²) >= 11 is 3.43. The van der Waals surface area contributed by atoms with Crippen LogP contribution in [0.3, 0.4) is 0 Å². The Bertz CT molecular complexity index is 1410. The van der Waals surface area contributed by atoms with Crippen LogP contribution < -0.4 is 10.0 Å². The van der Waals surface area contributed by atoms with E-state index in [1.54, 1.807) is 24.1 Å². The number of carbonyl (C=O) groups is 3. The van der Waals surface area contributed by atoms with Crippen LogP contribution in [-0.4, -0.2) is 117 Å². The number of hydrogen-bond donors (Lipinski definition) is 2. The molecule has 0 bridgehead atoms. The number of sulfonamides is 1. The number of carbonyl (C=O) groups excluding carboxylic acids is 3. The van der Waals surface area contributed by atoms with Gasteiger partial charge in [-0.05, 0) is 60.7 Å². The van der Waals surface area contributed by atoms with Crippen molar-refractivity contribution in [2.24, 2.45) is 0 Å². The first-order chi connectivity index (χ1) is 19.6. The average molecular weight is 650 g/mol. The summed E-state index contributed by atoms with van der Waals surface area (Å²) in [5, 5.41) is 4.35. The highest BCUT2D eigenvalue weighted by Crippen LogP contribution is 2.24. The largest absolute Gasteiger partial charge is 0.341 e. The summed E-state index contributed by atoms with van der Waals surface area (Å²) in [6, 6.07) is 9.58. The molecule has 0 aliphatic carbocycles. The molecule has 2 atom stereocenters. The van der Waals surface area contributed by atoms with Crippen LogP contribution in [0.1, 0.15) is 25.7 Å². The minimum Gasteiger partial charge on any atom is -0.341 e. The third-order valence-corrected chi connectivity index (χ3v) is 10.2. The van der Waals surface area contributed by atoms with Crippen LogP contribution in [-0.2, 0) is 19.6 Å². The molecule has 13 heteroatoms. The van der Waals surface area contributed by atoms with Gasteiger partial charge in [0.2, 0.25) is 21.8 Å². The van der Waals surface area contributed by atoms with Crippen molar-refractivity contribution in [1.29, 1.82) is 0 Å². The van der Waals surface area contributed by atoms with Gasteiger partial charge in [-0.15, -0.1) is 0 Å². The maximum Gasteiger partial charge on any atom is 0.317 e. The van der Waals surface area contributed by atoms with Crippen molar-refractivity contribution < 1.29 is 22.8 Å². The van der Waals surface area contributed by atoms with Crippen LogP contribution in [0.2, 0.25) is 0 Å². The van der Waals surface area contributed by atoms with E-state index in [0.29, 0.717) is 39.0 Å². The van der Waals surface area contributed by atoms with Crippen molar-refractivity contribution in [3.8, 4) is 0 Å². The number of nitrogens with zero attached hydrogens (tertiary/aromatic N) is 4. The van der Waals surface area contributed by atoms with E-state index in [-0.39, 0.29) is 35.3 Å². The number of likely N-dealkylation sites (tertiary alicyclic amines) is 2. The Morgan fingerprint density at radius 3 is 2.41 bits per heavy atom. The van der Waals surface area contributed by atoms with Crippen LogP contribution in [0.4, 0.5) is 4.79 Å². The summed E-state index contributed by atoms with van der Waals surface area (Å²) in [6.07, 6.45) is 2.81. The smallest absolute Gasteiger partial charge is 0.317 e. The van der Waals surface area contributed by atoms with E-state index in [1.807, 2.05) is 23.1 Å². The number of hydrogen-bond acceptors (Lipinski definition) is 6. The van der Waals surface area contributed by atoms with Gasteiger partial charge in [-0.1, -0.05) is 28.1 Å². The molecular weight excluding hydrogens is 612 g/mol. The Morgan fingerprint density at radius 2 is 1.66 bits per heavy atom. The van der Waals surface area contributed by atoms with Crippen LogP contribution in [0, 0.1) is 0 Å². The van der Waals surface area contributed by atoms with E-state index in [4.69, 9.17) is 0 Å². The molecule has 3 heterocycles. The molecule has 3 aliphatic heterocycles. The molecule has 3 saturated heterocycles. The van der Waals surface area contributed by atoms with E-state index in [2.05, 4.69) is 30.9 Å². The fourth-order valence-electron chi connectivity index (χ4n) is 6.02. The zero-order chi connectivity index (χ0) is 29.1. The van der Waals surface area contributed by atoms with E-state index >= 15 is 0 Å². The van der Waals surface area contributed by atoms with Gasteiger partial charge in [0.1, 0.15) is 6.04 Å². The second-order valence-corrected chi connectivity index (χ2v) is 13.6. The van der Waals surface area contributed by atoms with Crippen molar-refractivity contribution in [1.82, 2.24) is 29.6 Å². The summed E-state index contributed by atoms with van der Waals surface area (Å²) in [5.41, 5.74) is 0. The molecule has 0 spiro atoms. The zero-order valence-electron chi connectivity index (χ0n) is 23.2. The molecule has 3 aliphatic rings. The fraction of sp³-hybridized carbons (Fsp3) is 0.536. The molecule has 0 radical (unpaired) electrons. The Kier molecular flexibility index (Phi) is 9.17. The van der Waals surface area contributed by atoms with Crippen molar-refractivity contribution >= 4 is 54.6 Å². The molecule has 5 rings (SSSR count). The lowest BCUT2D eigenvalue weighted by Crippen LogP contribution is -2.56. The van der Waals surface area contributed by atoms with Crippen LogP contribution in [0.5, 0.6) is 0 Å². The molecule has 222 valence electrons. The number of urea groups is 1. The van der Waals surface area contributed by atoms with Gasteiger partial charge in [-0.2, -0.15) is 4.72 Å². The summed E-state index contributed by atoms with van der Waals surface area (Å²) in [6.45, 7) is 4.58. The molecule has 0 saturated carbocycles. The lowest BCUT2D eigenvalue weighted by atomic mass is 10.1. The van der Waals surface area contributed by atoms with Crippen LogP contribution in [0.25, 0.3) is 10.8 Å². The maximum atomic E-state index is 13.4. The highest BCUT2D eigenvalue weighted by Gasteiger charge is 2.36. The SMILES string of the molecule is CNC(=O)N1CCN(CC2CCCN2C(=O)CN2CCCC(NS(=O)(=O)c3ccc4cc(Br)ccc4c3)C2=O)CC1. The van der Waals surface area contributed by atoms with Gasteiger partial charge in [0, 0.05) is 63.4 Å². The van der Waals surface area contributed by atoms with Gasteiger partial charge >= 0.3 is 6.03 Å². The van der Waals surface area contributed by atoms with E-state index in [0.717, 1.165) is 47.7 Å². The Balaban J connectivity index is 1.17. The van der Waals surface area contributed by atoms with Gasteiger partial charge < -0.3 is 20.0 Å². The summed E-state index contributed by atoms with van der Waals surface area (Å²) in [7, 11) is -2.31. The molecule has 4 amide bonds. The van der Waals surface area contributed by atoms with Crippen LogP contribution >= 0.6 is 15.9 Å². The number of piperidine rings is 1. The third kappa shape index (κ3) is 6.85. The Morgan fingerprint density at radius 1 is 0.951 bits per heavy atom. The third-order valence-electron chi connectivity index (χ3n) is 8.28. The van der Waals surface area contributed by atoms with Gasteiger partial charge in [0.25, 0.3) is 0 Å². The first kappa shape index (κ1) is 29.7. The van der Waals surface area contributed by atoms with Crippen molar-refractivity contribution in [2.45, 2.75) is 42.7 Å². The number of amides is 4. The minimum absolute atomic E-state index is 0.0527. The molecule has 3 fully saturated rings. The normalized spacial score (nSPS) is 22.4. The minimum atomic E-state index is -3.94. The second-order valence-electron chi connectivity index (χ2n) is 11.0. The number of fused-ring (bicyclic) bond motifs is 1. The molecule has 2 aromatic rings. The Labute approximate surface area is 249 Å². The van der Waals surface area contributed by atoms with E-state index in [1.165, 1.54) is 11.0 Å². The molecule has 2 N–H and O–H groups in total. The van der Waals surface area contributed by atoms with Crippen molar-refractivity contribution in [3.05, 3.63) is 40.9 Å². The maximum absolute atomic E-state index is 13.4. The Hall–Kier alpha value is -2.74. The number of halogens is 1. The average Bonchev–Trinajstić information content (AvgIpc) is 3.43. The number of benzene rings is 2. The van der Waals surface area contributed by atoms with E-state index in [9.17, 15) is 22.8 Å².